The Balaban J connectivity index is 1.84. The summed E-state index contributed by atoms with van der Waals surface area (Å²) in [5, 5.41) is 5.34. The van der Waals surface area contributed by atoms with Crippen molar-refractivity contribution in [2.75, 3.05) is 11.9 Å². The molecule has 1 aliphatic rings. The zero-order valence-corrected chi connectivity index (χ0v) is 19.2. The molecule has 0 aromatic heterocycles. The lowest BCUT2D eigenvalue weighted by atomic mass is 9.70. The van der Waals surface area contributed by atoms with Crippen LogP contribution >= 0.6 is 0 Å². The lowest BCUT2D eigenvalue weighted by Gasteiger charge is -2.42. The van der Waals surface area contributed by atoms with Crippen LogP contribution in [0.2, 0.25) is 0 Å². The van der Waals surface area contributed by atoms with Gasteiger partial charge in [0.05, 0.1) is 5.69 Å². The highest BCUT2D eigenvalue weighted by Gasteiger charge is 2.37. The molecule has 30 heavy (non-hydrogen) atoms. The quantitative estimate of drug-likeness (QED) is 0.292. The molecule has 0 bridgehead atoms. The Kier molecular flexibility index (Phi) is 3.90. The van der Waals surface area contributed by atoms with Gasteiger partial charge in [-0.1, -0.05) is 89.2 Å². The monoisotopic (exact) mass is 393 g/mol. The second-order valence-electron chi connectivity index (χ2n) is 10.4. The number of hydrogen-bond donors (Lipinski definition) is 0. The van der Waals surface area contributed by atoms with Gasteiger partial charge in [0.15, 0.2) is 0 Å². The Morgan fingerprint density at radius 1 is 0.800 bits per heavy atom. The molecule has 1 heteroatoms. The first-order valence-corrected chi connectivity index (χ1v) is 10.9. The van der Waals surface area contributed by atoms with E-state index in [1.54, 1.807) is 0 Å². The van der Waals surface area contributed by atoms with Gasteiger partial charge in [0.2, 0.25) is 0 Å². The summed E-state index contributed by atoms with van der Waals surface area (Å²) in [5.74, 6) is 0. The van der Waals surface area contributed by atoms with Crippen molar-refractivity contribution in [1.82, 2.24) is 0 Å². The molecular formula is C29H31N. The Hall–Kier alpha value is -2.80. The molecular weight excluding hydrogens is 362 g/mol. The van der Waals surface area contributed by atoms with E-state index in [1.807, 2.05) is 0 Å². The van der Waals surface area contributed by atoms with Crippen LogP contribution < -0.4 is 4.90 Å². The van der Waals surface area contributed by atoms with Crippen LogP contribution in [-0.4, -0.2) is 7.05 Å². The average molecular weight is 394 g/mol. The normalized spacial score (nSPS) is 15.4. The molecule has 0 amide bonds. The predicted molar refractivity (Wildman–Crippen MR) is 132 cm³/mol. The SMILES string of the molecule is Cc1c2c(cc3ccccc13)N(C)c1c(ccc3cc(C(C)(C)C)ccc13)C2(C)C. The summed E-state index contributed by atoms with van der Waals surface area (Å²) < 4.78 is 0. The maximum Gasteiger partial charge on any atom is 0.0529 e. The van der Waals surface area contributed by atoms with Crippen molar-refractivity contribution in [3.05, 3.63) is 82.9 Å². The third-order valence-electron chi connectivity index (χ3n) is 7.14. The fourth-order valence-electron chi connectivity index (χ4n) is 5.46. The van der Waals surface area contributed by atoms with Crippen LogP contribution in [0.15, 0.2) is 60.7 Å². The number of benzene rings is 4. The Morgan fingerprint density at radius 2 is 1.50 bits per heavy atom. The van der Waals surface area contributed by atoms with Gasteiger partial charge in [0, 0.05) is 23.5 Å². The van der Waals surface area contributed by atoms with E-state index in [-0.39, 0.29) is 10.8 Å². The summed E-state index contributed by atoms with van der Waals surface area (Å²) in [4.78, 5) is 2.43. The minimum absolute atomic E-state index is 0.0534. The summed E-state index contributed by atoms with van der Waals surface area (Å²) in [6, 6.07) is 22.9. The summed E-state index contributed by atoms with van der Waals surface area (Å²) in [5.41, 5.74) is 8.41. The summed E-state index contributed by atoms with van der Waals surface area (Å²) in [7, 11) is 2.23. The highest BCUT2D eigenvalue weighted by Crippen LogP contribution is 2.53. The molecule has 0 atom stereocenters. The minimum atomic E-state index is -0.0534. The molecule has 0 fully saturated rings. The first-order valence-electron chi connectivity index (χ1n) is 10.9. The van der Waals surface area contributed by atoms with E-state index in [2.05, 4.69) is 114 Å². The molecule has 1 aliphatic heterocycles. The Bertz CT molecular complexity index is 1320. The molecule has 0 aliphatic carbocycles. The number of anilines is 2. The van der Waals surface area contributed by atoms with Gasteiger partial charge in [-0.3, -0.25) is 0 Å². The van der Waals surface area contributed by atoms with Gasteiger partial charge >= 0.3 is 0 Å². The minimum Gasteiger partial charge on any atom is -0.344 e. The van der Waals surface area contributed by atoms with E-state index in [1.165, 1.54) is 55.2 Å². The first kappa shape index (κ1) is 19.2. The third-order valence-corrected chi connectivity index (χ3v) is 7.14. The molecule has 0 radical (unpaired) electrons. The molecule has 0 saturated heterocycles. The van der Waals surface area contributed by atoms with E-state index in [9.17, 15) is 0 Å². The van der Waals surface area contributed by atoms with Gasteiger partial charge in [-0.05, 0) is 56.8 Å². The average Bonchev–Trinajstić information content (AvgIpc) is 2.70. The van der Waals surface area contributed by atoms with Crippen molar-refractivity contribution >= 4 is 32.9 Å². The molecule has 0 spiro atoms. The summed E-state index contributed by atoms with van der Waals surface area (Å²) in [6.45, 7) is 13.9. The Morgan fingerprint density at radius 3 is 2.23 bits per heavy atom. The van der Waals surface area contributed by atoms with E-state index in [0.29, 0.717) is 0 Å². The predicted octanol–water partition coefficient (Wildman–Crippen LogP) is 8.01. The summed E-state index contributed by atoms with van der Waals surface area (Å²) >= 11 is 0. The van der Waals surface area contributed by atoms with Crippen molar-refractivity contribution in [1.29, 1.82) is 0 Å². The maximum atomic E-state index is 2.43. The zero-order valence-electron chi connectivity index (χ0n) is 19.2. The largest absolute Gasteiger partial charge is 0.344 e. The number of fused-ring (bicyclic) bond motifs is 5. The number of rotatable bonds is 0. The Labute approximate surface area is 180 Å². The standard InChI is InChI=1S/C29H31N/c1-18-22-11-9-8-10-19(22)17-25-26(18)29(5,6)24-15-12-20-16-21(28(2,3)4)13-14-23(20)27(24)30(25)7/h8-17H,1-7H3. The van der Waals surface area contributed by atoms with Crippen molar-refractivity contribution in [3.8, 4) is 0 Å². The van der Waals surface area contributed by atoms with Crippen LogP contribution in [0, 0.1) is 6.92 Å². The van der Waals surface area contributed by atoms with E-state index in [0.717, 1.165) is 0 Å². The van der Waals surface area contributed by atoms with Crippen LogP contribution in [0.1, 0.15) is 56.9 Å². The van der Waals surface area contributed by atoms with Crippen LogP contribution in [-0.2, 0) is 10.8 Å². The third kappa shape index (κ3) is 2.54. The topological polar surface area (TPSA) is 3.24 Å². The molecule has 4 aromatic rings. The highest BCUT2D eigenvalue weighted by molar-refractivity contribution is 6.03. The molecule has 0 unspecified atom stereocenters. The smallest absolute Gasteiger partial charge is 0.0529 e. The molecule has 4 aromatic carbocycles. The lowest BCUT2D eigenvalue weighted by Crippen LogP contribution is -2.32. The van der Waals surface area contributed by atoms with Crippen molar-refractivity contribution in [2.24, 2.45) is 0 Å². The molecule has 152 valence electrons. The number of hydrogen-bond acceptors (Lipinski definition) is 1. The summed E-state index contributed by atoms with van der Waals surface area (Å²) in [6.07, 6.45) is 0. The van der Waals surface area contributed by atoms with Gasteiger partial charge in [0.1, 0.15) is 0 Å². The maximum absolute atomic E-state index is 2.43. The van der Waals surface area contributed by atoms with Crippen LogP contribution in [0.4, 0.5) is 11.4 Å². The zero-order chi connectivity index (χ0) is 21.4. The van der Waals surface area contributed by atoms with Crippen molar-refractivity contribution < 1.29 is 0 Å². The van der Waals surface area contributed by atoms with Gasteiger partial charge in [-0.15, -0.1) is 0 Å². The van der Waals surface area contributed by atoms with Crippen LogP contribution in [0.5, 0.6) is 0 Å². The van der Waals surface area contributed by atoms with Crippen molar-refractivity contribution in [3.63, 3.8) is 0 Å². The van der Waals surface area contributed by atoms with E-state index >= 15 is 0 Å². The number of nitrogens with zero attached hydrogens (tertiary/aromatic N) is 1. The molecule has 0 N–H and O–H groups in total. The fraction of sp³-hybridized carbons (Fsp3) is 0.310. The fourth-order valence-corrected chi connectivity index (χ4v) is 5.46. The molecule has 1 heterocycles. The highest BCUT2D eigenvalue weighted by atomic mass is 15.1. The van der Waals surface area contributed by atoms with Crippen LogP contribution in [0.25, 0.3) is 21.5 Å². The van der Waals surface area contributed by atoms with Gasteiger partial charge in [-0.25, -0.2) is 0 Å². The lowest BCUT2D eigenvalue weighted by molar-refractivity contribution is 0.591. The van der Waals surface area contributed by atoms with Crippen molar-refractivity contribution in [2.45, 2.75) is 52.4 Å². The second kappa shape index (κ2) is 6.11. The molecule has 0 saturated carbocycles. The molecule has 1 nitrogen and oxygen atoms in total. The van der Waals surface area contributed by atoms with E-state index in [4.69, 9.17) is 0 Å². The number of aryl methyl sites for hydroxylation is 1. The molecule has 5 rings (SSSR count). The van der Waals surface area contributed by atoms with Gasteiger partial charge in [0.25, 0.3) is 0 Å². The first-order chi connectivity index (χ1) is 14.1. The van der Waals surface area contributed by atoms with Gasteiger partial charge in [-0.2, -0.15) is 0 Å². The van der Waals surface area contributed by atoms with E-state index < -0.39 is 0 Å². The van der Waals surface area contributed by atoms with Gasteiger partial charge < -0.3 is 4.90 Å². The van der Waals surface area contributed by atoms with Crippen LogP contribution in [0.3, 0.4) is 0 Å². The second-order valence-corrected chi connectivity index (χ2v) is 10.4.